The molecule has 198 valence electrons. The number of alkyl halides is 3. The Morgan fingerprint density at radius 3 is 2.39 bits per heavy atom. The molecule has 3 aromatic rings. The number of nitrogens with zero attached hydrogens (tertiary/aromatic N) is 4. The molecular weight excluding hydrogens is 521 g/mol. The first kappa shape index (κ1) is 27.1. The van der Waals surface area contributed by atoms with E-state index in [4.69, 9.17) is 0 Å². The van der Waals surface area contributed by atoms with Crippen LogP contribution in [0, 0.1) is 13.8 Å². The number of rotatable bonds is 6. The van der Waals surface area contributed by atoms with E-state index in [1.165, 1.54) is 19.1 Å². The summed E-state index contributed by atoms with van der Waals surface area (Å²) in [6.07, 6.45) is -1.50. The normalized spacial score (nSPS) is 16.6. The van der Waals surface area contributed by atoms with Gasteiger partial charge in [0.25, 0.3) is 10.1 Å². The van der Waals surface area contributed by atoms with E-state index in [2.05, 4.69) is 20.5 Å². The van der Waals surface area contributed by atoms with Gasteiger partial charge in [-0.1, -0.05) is 42.5 Å². The van der Waals surface area contributed by atoms with Gasteiger partial charge in [0, 0.05) is 10.9 Å². The van der Waals surface area contributed by atoms with E-state index in [-0.39, 0.29) is 35.4 Å². The number of benzene rings is 3. The highest BCUT2D eigenvalue weighted by Crippen LogP contribution is 2.42. The van der Waals surface area contributed by atoms with Gasteiger partial charge in [-0.25, -0.2) is 0 Å². The Morgan fingerprint density at radius 1 is 1.08 bits per heavy atom. The van der Waals surface area contributed by atoms with Crippen molar-refractivity contribution in [1.82, 2.24) is 0 Å². The molecular formula is C26H23F3N4O4S. The van der Waals surface area contributed by atoms with Gasteiger partial charge >= 0.3 is 6.18 Å². The summed E-state index contributed by atoms with van der Waals surface area (Å²) in [6.45, 7) is 3.27. The van der Waals surface area contributed by atoms with Crippen molar-refractivity contribution in [2.45, 2.75) is 43.9 Å². The zero-order valence-corrected chi connectivity index (χ0v) is 21.1. The number of aryl methyl sites for hydroxylation is 2. The summed E-state index contributed by atoms with van der Waals surface area (Å²) in [5.41, 5.74) is 0.899. The predicted octanol–water partition coefficient (Wildman–Crippen LogP) is 7.59. The highest BCUT2D eigenvalue weighted by atomic mass is 32.2. The number of hydrogen-bond donors (Lipinski definition) is 2. The maximum Gasteiger partial charge on any atom is 0.416 e. The highest BCUT2D eigenvalue weighted by Gasteiger charge is 2.33. The number of phenolic OH excluding ortho intramolecular Hbond substituents is 1. The van der Waals surface area contributed by atoms with Crippen LogP contribution in [0.3, 0.4) is 0 Å². The molecule has 4 rings (SSSR count). The van der Waals surface area contributed by atoms with Crippen molar-refractivity contribution in [3.8, 4) is 5.75 Å². The van der Waals surface area contributed by atoms with Crippen LogP contribution in [-0.2, 0) is 16.7 Å². The molecule has 1 aliphatic rings. The Morgan fingerprint density at radius 2 is 1.79 bits per heavy atom. The molecule has 12 heteroatoms. The van der Waals surface area contributed by atoms with E-state index in [0.29, 0.717) is 22.2 Å². The average molecular weight is 545 g/mol. The zero-order valence-electron chi connectivity index (χ0n) is 20.3. The van der Waals surface area contributed by atoms with Gasteiger partial charge in [-0.15, -0.1) is 0 Å². The second-order valence-electron chi connectivity index (χ2n) is 8.71. The Labute approximate surface area is 216 Å². The number of halogens is 3. The van der Waals surface area contributed by atoms with Gasteiger partial charge in [0.1, 0.15) is 16.3 Å². The Bertz CT molecular complexity index is 1610. The third-order valence-corrected chi connectivity index (χ3v) is 6.94. The van der Waals surface area contributed by atoms with Crippen molar-refractivity contribution < 1.29 is 31.2 Å². The fourth-order valence-electron chi connectivity index (χ4n) is 4.13. The summed E-state index contributed by atoms with van der Waals surface area (Å²) < 4.78 is 72.8. The topological polar surface area (TPSA) is 124 Å². The van der Waals surface area contributed by atoms with Crippen molar-refractivity contribution in [3.63, 3.8) is 0 Å². The lowest BCUT2D eigenvalue weighted by Gasteiger charge is -2.16. The lowest BCUT2D eigenvalue weighted by molar-refractivity contribution is -0.0886. The molecule has 1 atom stereocenters. The fourth-order valence-corrected chi connectivity index (χ4v) is 4.84. The standard InChI is InChI=1S/C26H23F3N4O4S/c1-15-12-17-13-22(38(35,36)37)24(33-32-20-10-8-18(9-11-20)26(27,28)29)16(2)23(17)25(34)21(15)14-30-31-19-6-4-3-5-7-19/h3-10,12-13,20,34H,11,14H2,1-2H3,(H,35,36,37). The minimum atomic E-state index is -4.76. The van der Waals surface area contributed by atoms with E-state index >= 15 is 0 Å². The summed E-state index contributed by atoms with van der Waals surface area (Å²) in [5.74, 6) is -0.154. The molecule has 0 radical (unpaired) electrons. The second kappa shape index (κ2) is 10.5. The van der Waals surface area contributed by atoms with Crippen LogP contribution in [0.1, 0.15) is 23.1 Å². The molecule has 8 nitrogen and oxygen atoms in total. The number of azo groups is 2. The number of hydrogen-bond acceptors (Lipinski definition) is 7. The van der Waals surface area contributed by atoms with Gasteiger partial charge in [-0.3, -0.25) is 4.55 Å². The van der Waals surface area contributed by atoms with Crippen LogP contribution in [0.2, 0.25) is 0 Å². The van der Waals surface area contributed by atoms with Crippen LogP contribution in [0.4, 0.5) is 24.5 Å². The van der Waals surface area contributed by atoms with Crippen LogP contribution in [-0.4, -0.2) is 30.3 Å². The van der Waals surface area contributed by atoms with Crippen LogP contribution in [0.15, 0.2) is 91.6 Å². The molecule has 0 saturated carbocycles. The summed E-state index contributed by atoms with van der Waals surface area (Å²) in [6, 6.07) is 11.1. The molecule has 0 aliphatic heterocycles. The first-order valence-electron chi connectivity index (χ1n) is 11.4. The third kappa shape index (κ3) is 5.81. The summed E-state index contributed by atoms with van der Waals surface area (Å²) in [4.78, 5) is -0.534. The molecule has 3 aromatic carbocycles. The van der Waals surface area contributed by atoms with Crippen molar-refractivity contribution in [3.05, 3.63) is 83.0 Å². The van der Waals surface area contributed by atoms with E-state index in [1.807, 2.05) is 18.2 Å². The Hall–Kier alpha value is -3.90. The number of fused-ring (bicyclic) bond motifs is 1. The Kier molecular flexibility index (Phi) is 7.47. The minimum absolute atomic E-state index is 0.0413. The lowest BCUT2D eigenvalue weighted by atomic mass is 9.96. The van der Waals surface area contributed by atoms with Gasteiger partial charge in [0.15, 0.2) is 0 Å². The van der Waals surface area contributed by atoms with Crippen molar-refractivity contribution in [2.75, 3.05) is 0 Å². The minimum Gasteiger partial charge on any atom is -0.507 e. The molecule has 0 spiro atoms. The maximum atomic E-state index is 12.9. The zero-order chi connectivity index (χ0) is 27.7. The molecule has 2 N–H and O–H groups in total. The van der Waals surface area contributed by atoms with Gasteiger partial charge in [-0.05, 0) is 55.0 Å². The van der Waals surface area contributed by atoms with Crippen molar-refractivity contribution in [1.29, 1.82) is 0 Å². The molecule has 0 saturated heterocycles. The van der Waals surface area contributed by atoms with Crippen LogP contribution in [0.25, 0.3) is 10.8 Å². The maximum absolute atomic E-state index is 12.9. The van der Waals surface area contributed by atoms with Crippen LogP contribution in [0.5, 0.6) is 5.75 Å². The van der Waals surface area contributed by atoms with Crippen LogP contribution >= 0.6 is 0 Å². The largest absolute Gasteiger partial charge is 0.507 e. The molecule has 1 unspecified atom stereocenters. The molecule has 0 fully saturated rings. The predicted molar refractivity (Wildman–Crippen MR) is 136 cm³/mol. The van der Waals surface area contributed by atoms with E-state index in [1.54, 1.807) is 25.1 Å². The molecule has 1 aliphatic carbocycles. The second-order valence-corrected chi connectivity index (χ2v) is 10.1. The monoisotopic (exact) mass is 544 g/mol. The molecule has 0 aromatic heterocycles. The quantitative estimate of drug-likeness (QED) is 0.245. The highest BCUT2D eigenvalue weighted by molar-refractivity contribution is 7.86. The van der Waals surface area contributed by atoms with Crippen molar-refractivity contribution >= 4 is 32.3 Å². The van der Waals surface area contributed by atoms with E-state index in [0.717, 1.165) is 12.2 Å². The fraction of sp³-hybridized carbons (Fsp3) is 0.231. The van der Waals surface area contributed by atoms with Gasteiger partial charge in [0.05, 0.1) is 23.8 Å². The van der Waals surface area contributed by atoms with Gasteiger partial charge < -0.3 is 5.11 Å². The number of aromatic hydroxyl groups is 1. The first-order chi connectivity index (χ1) is 17.9. The number of allylic oxidation sites excluding steroid dienone is 2. The molecule has 0 amide bonds. The van der Waals surface area contributed by atoms with Gasteiger partial charge in [0.2, 0.25) is 0 Å². The van der Waals surface area contributed by atoms with Gasteiger partial charge in [-0.2, -0.15) is 42.0 Å². The van der Waals surface area contributed by atoms with E-state index in [9.17, 15) is 31.2 Å². The van der Waals surface area contributed by atoms with E-state index < -0.39 is 32.8 Å². The Balaban J connectivity index is 1.75. The first-order valence-corrected chi connectivity index (χ1v) is 12.9. The summed E-state index contributed by atoms with van der Waals surface area (Å²) in [5, 5.41) is 28.1. The lowest BCUT2D eigenvalue weighted by Crippen LogP contribution is -2.14. The molecule has 0 heterocycles. The summed E-state index contributed by atoms with van der Waals surface area (Å²) >= 11 is 0. The third-order valence-electron chi connectivity index (χ3n) is 6.07. The van der Waals surface area contributed by atoms with Crippen molar-refractivity contribution in [2.24, 2.45) is 20.5 Å². The van der Waals surface area contributed by atoms with Crippen LogP contribution < -0.4 is 0 Å². The summed E-state index contributed by atoms with van der Waals surface area (Å²) in [7, 11) is -4.76. The average Bonchev–Trinajstić information content (AvgIpc) is 2.85. The smallest absolute Gasteiger partial charge is 0.416 e. The number of phenols is 1. The SMILES string of the molecule is Cc1cc2cc(S(=O)(=O)O)c(N=NC3C=CC(C(F)(F)F)=CC3)c(C)c2c(O)c1CN=Nc1ccccc1. The molecule has 0 bridgehead atoms. The molecule has 38 heavy (non-hydrogen) atoms.